The van der Waals surface area contributed by atoms with E-state index in [-0.39, 0.29) is 11.5 Å². The molecule has 1 aliphatic rings. The van der Waals surface area contributed by atoms with E-state index in [4.69, 9.17) is 14.7 Å². The number of hydrogen-bond donors (Lipinski definition) is 2. The van der Waals surface area contributed by atoms with Gasteiger partial charge in [-0.3, -0.25) is 0 Å². The highest BCUT2D eigenvalue weighted by Crippen LogP contribution is 2.36. The van der Waals surface area contributed by atoms with Crippen molar-refractivity contribution >= 4 is 5.97 Å². The van der Waals surface area contributed by atoms with Crippen LogP contribution in [-0.2, 0) is 4.79 Å². The first-order valence-electron chi connectivity index (χ1n) is 7.10. The summed E-state index contributed by atoms with van der Waals surface area (Å²) in [6.07, 6.45) is 1.99. The number of nitriles is 1. The second kappa shape index (κ2) is 7.48. The van der Waals surface area contributed by atoms with Crippen molar-refractivity contribution in [3.05, 3.63) is 35.8 Å². The Balaban J connectivity index is 2.06. The molecular weight excluding hydrogens is 286 g/mol. The van der Waals surface area contributed by atoms with Gasteiger partial charge in [0.1, 0.15) is 6.10 Å². The fourth-order valence-corrected chi connectivity index (χ4v) is 2.16. The molecule has 0 bridgehead atoms. The van der Waals surface area contributed by atoms with Crippen LogP contribution in [0, 0.1) is 11.3 Å². The molecule has 1 aliphatic heterocycles. The maximum absolute atomic E-state index is 11.3. The number of fused-ring (bicyclic) bond motifs is 1. The van der Waals surface area contributed by atoms with E-state index in [1.54, 1.807) is 24.3 Å². The summed E-state index contributed by atoms with van der Waals surface area (Å²) in [6, 6.07) is 8.75. The third-order valence-corrected chi connectivity index (χ3v) is 3.27. The highest BCUT2D eigenvalue weighted by Gasteiger charge is 2.30. The first kappa shape index (κ1) is 15.9. The van der Waals surface area contributed by atoms with E-state index in [0.717, 1.165) is 12.8 Å². The van der Waals surface area contributed by atoms with Gasteiger partial charge in [0.25, 0.3) is 5.76 Å². The average Bonchev–Trinajstić information content (AvgIpc) is 2.53. The number of carboxylic acid groups (broad SMARTS) is 1. The quantitative estimate of drug-likeness (QED) is 0.751. The molecule has 1 unspecified atom stereocenters. The minimum atomic E-state index is -1.28. The van der Waals surface area contributed by atoms with Crippen molar-refractivity contribution in [2.45, 2.75) is 38.2 Å². The normalized spacial score (nSPS) is 14.4. The fourth-order valence-electron chi connectivity index (χ4n) is 2.16. The van der Waals surface area contributed by atoms with Gasteiger partial charge in [0.15, 0.2) is 17.3 Å². The van der Waals surface area contributed by atoms with Crippen molar-refractivity contribution in [2.24, 2.45) is 0 Å². The molecule has 6 heteroatoms. The zero-order chi connectivity index (χ0) is 15.9. The SMILES string of the molecule is N#CCCCCCC(O)C1=C(C(=O)O)Oc2ccccc2O1. The summed E-state index contributed by atoms with van der Waals surface area (Å²) in [7, 11) is 0. The number of aliphatic hydroxyl groups excluding tert-OH is 1. The zero-order valence-corrected chi connectivity index (χ0v) is 12.0. The molecule has 2 rings (SSSR count). The van der Waals surface area contributed by atoms with Crippen LogP contribution in [0.3, 0.4) is 0 Å². The Labute approximate surface area is 128 Å². The van der Waals surface area contributed by atoms with Crippen LogP contribution in [0.25, 0.3) is 0 Å². The summed E-state index contributed by atoms with van der Waals surface area (Å²) in [5.74, 6) is -1.06. The largest absolute Gasteiger partial charge is 0.475 e. The summed E-state index contributed by atoms with van der Waals surface area (Å²) in [6.45, 7) is 0. The Kier molecular flexibility index (Phi) is 5.39. The number of hydrogen-bond acceptors (Lipinski definition) is 5. The van der Waals surface area contributed by atoms with Crippen molar-refractivity contribution in [3.8, 4) is 17.6 Å². The number of rotatable bonds is 7. The van der Waals surface area contributed by atoms with Crippen molar-refractivity contribution in [3.63, 3.8) is 0 Å². The van der Waals surface area contributed by atoms with E-state index < -0.39 is 12.1 Å². The molecule has 1 aromatic carbocycles. The predicted molar refractivity (Wildman–Crippen MR) is 77.1 cm³/mol. The molecule has 1 aromatic rings. The Morgan fingerprint density at radius 2 is 1.86 bits per heavy atom. The molecule has 6 nitrogen and oxygen atoms in total. The maximum Gasteiger partial charge on any atom is 0.375 e. The molecule has 0 fully saturated rings. The van der Waals surface area contributed by atoms with E-state index in [1.807, 2.05) is 0 Å². The lowest BCUT2D eigenvalue weighted by atomic mass is 10.1. The second-order valence-electron chi connectivity index (χ2n) is 4.92. The molecule has 0 spiro atoms. The van der Waals surface area contributed by atoms with Crippen LogP contribution in [0.1, 0.15) is 32.1 Å². The number of carbonyl (C=O) groups is 1. The average molecular weight is 303 g/mol. The van der Waals surface area contributed by atoms with Gasteiger partial charge in [-0.05, 0) is 25.0 Å². The smallest absolute Gasteiger partial charge is 0.375 e. The minimum absolute atomic E-state index is 0.0773. The predicted octanol–water partition coefficient (Wildman–Crippen LogP) is 2.59. The molecule has 0 radical (unpaired) electrons. The second-order valence-corrected chi connectivity index (χ2v) is 4.92. The first-order chi connectivity index (χ1) is 10.6. The lowest BCUT2D eigenvalue weighted by molar-refractivity contribution is -0.135. The number of nitrogens with zero attached hydrogens (tertiary/aromatic N) is 1. The number of ether oxygens (including phenoxy) is 2. The Bertz CT molecular complexity index is 617. The summed E-state index contributed by atoms with van der Waals surface area (Å²) in [5.41, 5.74) is 0. The monoisotopic (exact) mass is 303 g/mol. The standard InChI is InChI=1S/C16H17NO5/c17-10-6-2-1-3-7-11(18)14-15(16(19)20)22-13-9-5-4-8-12(13)21-14/h4-5,8-9,11,18H,1-3,6-7H2,(H,19,20). The summed E-state index contributed by atoms with van der Waals surface area (Å²) < 4.78 is 10.8. The van der Waals surface area contributed by atoms with Crippen LogP contribution in [0.2, 0.25) is 0 Å². The molecule has 116 valence electrons. The third kappa shape index (κ3) is 3.77. The Morgan fingerprint density at radius 3 is 2.50 bits per heavy atom. The van der Waals surface area contributed by atoms with Gasteiger partial charge >= 0.3 is 5.97 Å². The molecule has 0 aromatic heterocycles. The van der Waals surface area contributed by atoms with E-state index in [1.165, 1.54) is 0 Å². The van der Waals surface area contributed by atoms with Gasteiger partial charge in [-0.15, -0.1) is 0 Å². The van der Waals surface area contributed by atoms with E-state index in [0.29, 0.717) is 30.8 Å². The number of benzene rings is 1. The van der Waals surface area contributed by atoms with Gasteiger partial charge in [-0.1, -0.05) is 25.0 Å². The summed E-state index contributed by atoms with van der Waals surface area (Å²) in [5, 5.41) is 27.9. The Hall–Kier alpha value is -2.52. The van der Waals surface area contributed by atoms with E-state index in [2.05, 4.69) is 6.07 Å². The van der Waals surface area contributed by atoms with Crippen LogP contribution < -0.4 is 9.47 Å². The number of unbranched alkanes of at least 4 members (excludes halogenated alkanes) is 3. The maximum atomic E-state index is 11.3. The molecule has 2 N–H and O–H groups in total. The topological polar surface area (TPSA) is 99.8 Å². The lowest BCUT2D eigenvalue weighted by Gasteiger charge is -2.24. The van der Waals surface area contributed by atoms with Gasteiger partial charge in [0, 0.05) is 6.42 Å². The number of carboxylic acids is 1. The van der Waals surface area contributed by atoms with E-state index in [9.17, 15) is 15.0 Å². The highest BCUT2D eigenvalue weighted by atomic mass is 16.6. The van der Waals surface area contributed by atoms with Crippen LogP contribution in [0.4, 0.5) is 0 Å². The van der Waals surface area contributed by atoms with Crippen LogP contribution >= 0.6 is 0 Å². The van der Waals surface area contributed by atoms with Crippen LogP contribution in [-0.4, -0.2) is 22.3 Å². The van der Waals surface area contributed by atoms with Crippen molar-refractivity contribution < 1.29 is 24.5 Å². The minimum Gasteiger partial charge on any atom is -0.475 e. The molecule has 22 heavy (non-hydrogen) atoms. The van der Waals surface area contributed by atoms with Crippen LogP contribution in [0.5, 0.6) is 11.5 Å². The molecule has 1 atom stereocenters. The Morgan fingerprint density at radius 1 is 1.18 bits per heavy atom. The van der Waals surface area contributed by atoms with Gasteiger partial charge in [-0.2, -0.15) is 5.26 Å². The van der Waals surface area contributed by atoms with Gasteiger partial charge in [0.05, 0.1) is 6.07 Å². The molecular formula is C16H17NO5. The van der Waals surface area contributed by atoms with Gasteiger partial charge in [0.2, 0.25) is 0 Å². The number of aliphatic carboxylic acids is 1. The molecule has 1 heterocycles. The molecule has 0 amide bonds. The van der Waals surface area contributed by atoms with Crippen molar-refractivity contribution in [2.75, 3.05) is 0 Å². The van der Waals surface area contributed by atoms with Crippen molar-refractivity contribution in [1.29, 1.82) is 5.26 Å². The third-order valence-electron chi connectivity index (χ3n) is 3.27. The molecule has 0 aliphatic carbocycles. The summed E-state index contributed by atoms with van der Waals surface area (Å²) >= 11 is 0. The summed E-state index contributed by atoms with van der Waals surface area (Å²) in [4.78, 5) is 11.3. The van der Waals surface area contributed by atoms with Gasteiger partial charge < -0.3 is 19.7 Å². The molecule has 0 saturated heterocycles. The first-order valence-corrected chi connectivity index (χ1v) is 7.10. The van der Waals surface area contributed by atoms with Crippen molar-refractivity contribution in [1.82, 2.24) is 0 Å². The highest BCUT2D eigenvalue weighted by molar-refractivity contribution is 5.86. The number of aliphatic hydroxyl groups is 1. The van der Waals surface area contributed by atoms with Crippen LogP contribution in [0.15, 0.2) is 35.8 Å². The molecule has 0 saturated carbocycles. The number of para-hydroxylation sites is 2. The van der Waals surface area contributed by atoms with E-state index >= 15 is 0 Å². The van der Waals surface area contributed by atoms with Gasteiger partial charge in [-0.25, -0.2) is 4.79 Å². The fraction of sp³-hybridized carbons (Fsp3) is 0.375. The lowest BCUT2D eigenvalue weighted by Crippen LogP contribution is -2.26. The zero-order valence-electron chi connectivity index (χ0n) is 12.0.